The first-order valence-electron chi connectivity index (χ1n) is 8.66. The molecule has 3 saturated carbocycles. The zero-order chi connectivity index (χ0) is 19.3. The summed E-state index contributed by atoms with van der Waals surface area (Å²) in [4.78, 5) is 25.1. The zero-order valence-corrected chi connectivity index (χ0v) is 19.7. The number of ether oxygens (including phenoxy) is 1. The predicted octanol–water partition coefficient (Wildman–Crippen LogP) is 5.49. The Balaban J connectivity index is 1.78. The minimum absolute atomic E-state index is 0.00188. The number of hydrogen-bond donors (Lipinski definition) is 1. The van der Waals surface area contributed by atoms with Gasteiger partial charge in [-0.3, -0.25) is 4.79 Å². The molecule has 0 spiro atoms. The predicted molar refractivity (Wildman–Crippen MR) is 113 cm³/mol. The number of amides is 1. The van der Waals surface area contributed by atoms with E-state index in [1.807, 2.05) is 0 Å². The normalized spacial score (nSPS) is 31.4. The number of esters is 1. The molecule has 0 unspecified atom stereocenters. The van der Waals surface area contributed by atoms with Crippen LogP contribution in [0.5, 0.6) is 0 Å². The van der Waals surface area contributed by atoms with Gasteiger partial charge in [0.1, 0.15) is 0 Å². The lowest BCUT2D eigenvalue weighted by Gasteiger charge is -2.66. The fourth-order valence-electron chi connectivity index (χ4n) is 4.84. The lowest BCUT2D eigenvalue weighted by molar-refractivity contribution is -0.155. The summed E-state index contributed by atoms with van der Waals surface area (Å²) in [5.74, 6) is -0.326. The number of halogens is 3. The van der Waals surface area contributed by atoms with Crippen LogP contribution in [0.1, 0.15) is 44.0 Å². The number of hydrogen-bond acceptors (Lipinski definition) is 3. The molecule has 142 valence electrons. The number of carbonyl (C=O) groups excluding carboxylic acids is 2. The average molecular weight is 552 g/mol. The van der Waals surface area contributed by atoms with Gasteiger partial charge in [0.15, 0.2) is 0 Å². The Morgan fingerprint density at radius 3 is 2.31 bits per heavy atom. The Morgan fingerprint density at radius 1 is 1.23 bits per heavy atom. The Morgan fingerprint density at radius 2 is 1.85 bits per heavy atom. The summed E-state index contributed by atoms with van der Waals surface area (Å²) in [5.41, 5.74) is 0.559. The Labute approximate surface area is 179 Å². The fourth-order valence-corrected chi connectivity index (χ4v) is 9.76. The average Bonchev–Trinajstić information content (AvgIpc) is 3.05. The molecule has 1 amide bonds. The van der Waals surface area contributed by atoms with Gasteiger partial charge < -0.3 is 10.1 Å². The standard InChI is InChI=1S/C19H22Br3NO3/c1-4-26-13(24)11-5-7-12(8-6-11)23-16(25)19-10-9-18(14(19)20,15(21)22)17(19,2)3/h5-8,14-15H,4,9-10H2,1-3H3,(H,23,25)/t14-,18+,19-/m0/s1. The van der Waals surface area contributed by atoms with Gasteiger partial charge in [-0.15, -0.1) is 0 Å². The first kappa shape index (κ1) is 20.3. The summed E-state index contributed by atoms with van der Waals surface area (Å²) < 4.78 is 5.13. The minimum atomic E-state index is -0.452. The summed E-state index contributed by atoms with van der Waals surface area (Å²) >= 11 is 11.2. The Bertz CT molecular complexity index is 734. The maximum Gasteiger partial charge on any atom is 0.338 e. The summed E-state index contributed by atoms with van der Waals surface area (Å²) in [6.07, 6.45) is 1.82. The van der Waals surface area contributed by atoms with E-state index >= 15 is 0 Å². The van der Waals surface area contributed by atoms with Crippen LogP contribution in [0.15, 0.2) is 24.3 Å². The van der Waals surface area contributed by atoms with E-state index in [4.69, 9.17) is 4.74 Å². The first-order chi connectivity index (χ1) is 12.1. The maximum atomic E-state index is 13.2. The first-order valence-corrected chi connectivity index (χ1v) is 11.4. The molecule has 2 bridgehead atoms. The van der Waals surface area contributed by atoms with Crippen molar-refractivity contribution < 1.29 is 14.3 Å². The van der Waals surface area contributed by atoms with Crippen LogP contribution in [0.2, 0.25) is 0 Å². The molecule has 3 atom stereocenters. The molecule has 0 saturated heterocycles. The topological polar surface area (TPSA) is 55.4 Å². The maximum absolute atomic E-state index is 13.2. The van der Waals surface area contributed by atoms with E-state index in [9.17, 15) is 9.59 Å². The second-order valence-corrected chi connectivity index (χ2v) is 11.5. The van der Waals surface area contributed by atoms with Crippen molar-refractivity contribution in [2.75, 3.05) is 11.9 Å². The molecule has 4 nitrogen and oxygen atoms in total. The monoisotopic (exact) mass is 549 g/mol. The zero-order valence-electron chi connectivity index (χ0n) is 14.9. The SMILES string of the molecule is CCOC(=O)c1ccc(NC(=O)[C@]23CC[C@](C(Br)Br)([C@@H]2Br)C3(C)C)cc1. The molecule has 7 heteroatoms. The van der Waals surface area contributed by atoms with Crippen LogP contribution in [0.4, 0.5) is 5.69 Å². The van der Waals surface area contributed by atoms with E-state index in [2.05, 4.69) is 67.0 Å². The van der Waals surface area contributed by atoms with Gasteiger partial charge in [-0.2, -0.15) is 0 Å². The third kappa shape index (κ3) is 2.49. The van der Waals surface area contributed by atoms with Gasteiger partial charge >= 0.3 is 5.97 Å². The fraction of sp³-hybridized carbons (Fsp3) is 0.579. The van der Waals surface area contributed by atoms with Crippen LogP contribution in [-0.2, 0) is 9.53 Å². The smallest absolute Gasteiger partial charge is 0.338 e. The number of anilines is 1. The van der Waals surface area contributed by atoms with Crippen molar-refractivity contribution in [3.8, 4) is 0 Å². The van der Waals surface area contributed by atoms with E-state index < -0.39 is 5.41 Å². The van der Waals surface area contributed by atoms with Crippen LogP contribution in [-0.4, -0.2) is 27.0 Å². The second-order valence-electron chi connectivity index (χ2n) is 7.55. The molecule has 0 aliphatic heterocycles. The molecule has 1 N–H and O–H groups in total. The molecule has 3 aliphatic carbocycles. The van der Waals surface area contributed by atoms with E-state index in [0.717, 1.165) is 12.8 Å². The minimum Gasteiger partial charge on any atom is -0.462 e. The van der Waals surface area contributed by atoms with Crippen LogP contribution in [0.3, 0.4) is 0 Å². The lowest BCUT2D eigenvalue weighted by atomic mass is 9.43. The molecular formula is C19H22Br3NO3. The van der Waals surface area contributed by atoms with E-state index in [0.29, 0.717) is 17.9 Å². The van der Waals surface area contributed by atoms with Gasteiger partial charge in [0.2, 0.25) is 5.91 Å². The van der Waals surface area contributed by atoms with Gasteiger partial charge in [0.25, 0.3) is 0 Å². The van der Waals surface area contributed by atoms with Crippen molar-refractivity contribution in [1.82, 2.24) is 0 Å². The van der Waals surface area contributed by atoms with Crippen molar-refractivity contribution in [3.05, 3.63) is 29.8 Å². The summed E-state index contributed by atoms with van der Waals surface area (Å²) in [5, 5.41) is 3.05. The molecule has 0 radical (unpaired) electrons. The molecule has 3 fully saturated rings. The highest BCUT2D eigenvalue weighted by molar-refractivity contribution is 9.24. The highest BCUT2D eigenvalue weighted by Gasteiger charge is 2.83. The summed E-state index contributed by atoms with van der Waals surface area (Å²) in [7, 11) is 0. The quantitative estimate of drug-likeness (QED) is 0.389. The van der Waals surface area contributed by atoms with Gasteiger partial charge in [0.05, 0.1) is 21.3 Å². The number of nitrogens with one attached hydrogen (secondary N) is 1. The highest BCUT2D eigenvalue weighted by Crippen LogP contribution is 2.82. The van der Waals surface area contributed by atoms with Crippen LogP contribution in [0, 0.1) is 16.2 Å². The van der Waals surface area contributed by atoms with Crippen molar-refractivity contribution in [2.24, 2.45) is 16.2 Å². The van der Waals surface area contributed by atoms with Crippen molar-refractivity contribution in [2.45, 2.75) is 42.2 Å². The van der Waals surface area contributed by atoms with Gasteiger partial charge in [-0.1, -0.05) is 61.6 Å². The summed E-state index contributed by atoms with van der Waals surface area (Å²) in [6.45, 7) is 6.47. The second kappa shape index (κ2) is 6.89. The highest BCUT2D eigenvalue weighted by atomic mass is 79.9. The molecule has 1 aromatic carbocycles. The van der Waals surface area contributed by atoms with Gasteiger partial charge in [-0.25, -0.2) is 4.79 Å². The number of alkyl halides is 3. The van der Waals surface area contributed by atoms with Crippen LogP contribution >= 0.6 is 47.8 Å². The van der Waals surface area contributed by atoms with E-state index in [1.54, 1.807) is 31.2 Å². The van der Waals surface area contributed by atoms with Crippen LogP contribution < -0.4 is 5.32 Å². The molecule has 3 aliphatic rings. The van der Waals surface area contributed by atoms with Gasteiger partial charge in [0, 0.05) is 15.9 Å². The molecule has 0 heterocycles. The van der Waals surface area contributed by atoms with E-state index in [-0.39, 0.29) is 31.3 Å². The number of benzene rings is 1. The molecule has 1 aromatic rings. The largest absolute Gasteiger partial charge is 0.462 e. The number of carbonyl (C=O) groups is 2. The third-order valence-electron chi connectivity index (χ3n) is 6.55. The molecule has 4 rings (SSSR count). The third-order valence-corrected chi connectivity index (χ3v) is 9.78. The molecule has 26 heavy (non-hydrogen) atoms. The van der Waals surface area contributed by atoms with Crippen molar-refractivity contribution >= 4 is 65.4 Å². The van der Waals surface area contributed by atoms with Crippen molar-refractivity contribution in [1.29, 1.82) is 0 Å². The summed E-state index contributed by atoms with van der Waals surface area (Å²) in [6, 6.07) is 6.84. The van der Waals surface area contributed by atoms with E-state index in [1.165, 1.54) is 0 Å². The Kier molecular flexibility index (Phi) is 5.39. The van der Waals surface area contributed by atoms with Gasteiger partial charge in [-0.05, 0) is 49.4 Å². The molecular weight excluding hydrogens is 530 g/mol. The Hall–Kier alpha value is -0.400. The lowest BCUT2D eigenvalue weighted by Crippen LogP contribution is -2.71. The number of fused-ring (bicyclic) bond motifs is 1. The van der Waals surface area contributed by atoms with Crippen LogP contribution in [0.25, 0.3) is 0 Å². The molecule has 0 aromatic heterocycles. The number of rotatable bonds is 5. The van der Waals surface area contributed by atoms with Crippen molar-refractivity contribution in [3.63, 3.8) is 0 Å².